The summed E-state index contributed by atoms with van der Waals surface area (Å²) >= 11 is 1.92. The average molecular weight is 298 g/mol. The maximum absolute atomic E-state index is 6.15. The molecule has 4 aliphatic carbocycles. The van der Waals surface area contributed by atoms with E-state index in [1.807, 2.05) is 11.3 Å². The zero-order valence-corrected chi connectivity index (χ0v) is 13.0. The van der Waals surface area contributed by atoms with Crippen molar-refractivity contribution >= 4 is 23.7 Å². The highest BCUT2D eigenvalue weighted by Crippen LogP contribution is 2.59. The predicted octanol–water partition coefficient (Wildman–Crippen LogP) is 4.28. The lowest BCUT2D eigenvalue weighted by Crippen LogP contribution is -2.48. The number of nitrogens with two attached hydrogens (primary N) is 1. The highest BCUT2D eigenvalue weighted by Gasteiger charge is 2.50. The van der Waals surface area contributed by atoms with Crippen molar-refractivity contribution in [2.24, 2.45) is 35.3 Å². The van der Waals surface area contributed by atoms with Crippen LogP contribution in [0.1, 0.15) is 42.9 Å². The summed E-state index contributed by atoms with van der Waals surface area (Å²) in [6, 6.07) is 4.51. The van der Waals surface area contributed by atoms with Gasteiger partial charge in [0.05, 0.1) is 0 Å². The van der Waals surface area contributed by atoms with E-state index in [0.29, 0.717) is 5.92 Å². The fourth-order valence-corrected chi connectivity index (χ4v) is 6.49. The summed E-state index contributed by atoms with van der Waals surface area (Å²) in [5.74, 6) is 5.70. The van der Waals surface area contributed by atoms with E-state index in [0.717, 1.165) is 36.1 Å². The lowest BCUT2D eigenvalue weighted by molar-refractivity contribution is -0.0463. The van der Waals surface area contributed by atoms with Gasteiger partial charge >= 0.3 is 0 Å². The maximum Gasteiger partial charge on any atom is 0.00917 e. The third kappa shape index (κ3) is 2.26. The Kier molecular flexibility index (Phi) is 3.94. The zero-order chi connectivity index (χ0) is 12.1. The van der Waals surface area contributed by atoms with Gasteiger partial charge in [0, 0.05) is 17.3 Å². The molecule has 1 aromatic rings. The molecule has 19 heavy (non-hydrogen) atoms. The maximum atomic E-state index is 6.15. The highest BCUT2D eigenvalue weighted by atomic mass is 35.5. The van der Waals surface area contributed by atoms with Gasteiger partial charge in [-0.15, -0.1) is 23.7 Å². The van der Waals surface area contributed by atoms with Crippen molar-refractivity contribution in [3.63, 3.8) is 0 Å². The topological polar surface area (TPSA) is 26.0 Å². The molecule has 4 bridgehead atoms. The molecule has 4 saturated carbocycles. The first-order chi connectivity index (χ1) is 8.85. The van der Waals surface area contributed by atoms with Gasteiger partial charge in [-0.1, -0.05) is 6.07 Å². The molecule has 0 aliphatic heterocycles. The van der Waals surface area contributed by atoms with E-state index >= 15 is 0 Å². The van der Waals surface area contributed by atoms with E-state index in [1.165, 1.54) is 25.7 Å². The number of hydrogen-bond acceptors (Lipinski definition) is 2. The van der Waals surface area contributed by atoms with Crippen molar-refractivity contribution in [3.8, 4) is 0 Å². The predicted molar refractivity (Wildman–Crippen MR) is 83.9 cm³/mol. The monoisotopic (exact) mass is 297 g/mol. The van der Waals surface area contributed by atoms with E-state index in [1.54, 1.807) is 11.3 Å². The SMILES string of the molecule is Cl.NCC(c1cccs1)C1C2CC3CC(C2)CC1C3. The standard InChI is InChI=1S/C16H23NS.ClH/c17-9-14(15-2-1-3-18-15)16-12-5-10-4-11(7-12)8-13(16)6-10;/h1-3,10-14,16H,4-9,17H2;1H. The number of thiophene rings is 1. The molecule has 1 aromatic heterocycles. The highest BCUT2D eigenvalue weighted by molar-refractivity contribution is 7.10. The number of halogens is 1. The van der Waals surface area contributed by atoms with E-state index in [4.69, 9.17) is 5.73 Å². The second kappa shape index (κ2) is 5.38. The molecular formula is C16H24ClNS. The van der Waals surface area contributed by atoms with Crippen LogP contribution in [-0.2, 0) is 0 Å². The van der Waals surface area contributed by atoms with Crippen LogP contribution in [-0.4, -0.2) is 6.54 Å². The Morgan fingerprint density at radius 2 is 1.74 bits per heavy atom. The largest absolute Gasteiger partial charge is 0.330 e. The van der Waals surface area contributed by atoms with Crippen molar-refractivity contribution < 1.29 is 0 Å². The first kappa shape index (κ1) is 13.9. The van der Waals surface area contributed by atoms with Gasteiger partial charge in [0.25, 0.3) is 0 Å². The molecule has 106 valence electrons. The Labute approximate surface area is 126 Å². The molecule has 0 aromatic carbocycles. The van der Waals surface area contributed by atoms with Crippen LogP contribution in [0.2, 0.25) is 0 Å². The van der Waals surface area contributed by atoms with Crippen LogP contribution >= 0.6 is 23.7 Å². The number of rotatable bonds is 3. The molecule has 0 spiro atoms. The van der Waals surface area contributed by atoms with Crippen LogP contribution in [0.4, 0.5) is 0 Å². The molecule has 4 fully saturated rings. The third-order valence-corrected chi connectivity index (χ3v) is 6.93. The van der Waals surface area contributed by atoms with Gasteiger partial charge < -0.3 is 5.73 Å². The van der Waals surface area contributed by atoms with Crippen LogP contribution in [0, 0.1) is 29.6 Å². The first-order valence-electron chi connectivity index (χ1n) is 7.58. The molecule has 0 radical (unpaired) electrons. The van der Waals surface area contributed by atoms with Crippen molar-refractivity contribution in [3.05, 3.63) is 22.4 Å². The molecule has 1 unspecified atom stereocenters. The molecular weight excluding hydrogens is 274 g/mol. The second-order valence-electron chi connectivity index (χ2n) is 6.87. The summed E-state index contributed by atoms with van der Waals surface area (Å²) in [5.41, 5.74) is 6.15. The zero-order valence-electron chi connectivity index (χ0n) is 11.3. The average Bonchev–Trinajstić information content (AvgIpc) is 2.86. The van der Waals surface area contributed by atoms with E-state index in [-0.39, 0.29) is 12.4 Å². The van der Waals surface area contributed by atoms with Crippen LogP contribution in [0.3, 0.4) is 0 Å². The van der Waals surface area contributed by atoms with Crippen molar-refractivity contribution in [2.45, 2.75) is 38.0 Å². The quantitative estimate of drug-likeness (QED) is 0.885. The first-order valence-corrected chi connectivity index (χ1v) is 8.46. The summed E-state index contributed by atoms with van der Waals surface area (Å²) < 4.78 is 0. The fourth-order valence-electron chi connectivity index (χ4n) is 5.59. The Morgan fingerprint density at radius 1 is 1.11 bits per heavy atom. The van der Waals surface area contributed by atoms with E-state index in [9.17, 15) is 0 Å². The van der Waals surface area contributed by atoms with Gasteiger partial charge in [-0.2, -0.15) is 0 Å². The van der Waals surface area contributed by atoms with E-state index in [2.05, 4.69) is 17.5 Å². The molecule has 2 N–H and O–H groups in total. The van der Waals surface area contributed by atoms with Crippen molar-refractivity contribution in [1.29, 1.82) is 0 Å². The summed E-state index contributed by atoms with van der Waals surface area (Å²) in [5, 5.41) is 2.22. The van der Waals surface area contributed by atoms with Crippen molar-refractivity contribution in [1.82, 2.24) is 0 Å². The molecule has 1 heterocycles. The summed E-state index contributed by atoms with van der Waals surface area (Å²) in [7, 11) is 0. The molecule has 1 atom stereocenters. The second-order valence-corrected chi connectivity index (χ2v) is 7.84. The minimum atomic E-state index is 0. The molecule has 1 nitrogen and oxygen atoms in total. The Hall–Kier alpha value is -0.0500. The Bertz CT molecular complexity index is 388. The molecule has 5 rings (SSSR count). The van der Waals surface area contributed by atoms with Gasteiger partial charge in [0.2, 0.25) is 0 Å². The van der Waals surface area contributed by atoms with Gasteiger partial charge in [-0.25, -0.2) is 0 Å². The normalized spacial score (nSPS) is 41.0. The minimum absolute atomic E-state index is 0. The fraction of sp³-hybridized carbons (Fsp3) is 0.750. The Balaban J connectivity index is 0.00000110. The molecule has 0 saturated heterocycles. The smallest absolute Gasteiger partial charge is 0.00917 e. The van der Waals surface area contributed by atoms with Gasteiger partial charge in [0.15, 0.2) is 0 Å². The van der Waals surface area contributed by atoms with Crippen molar-refractivity contribution in [2.75, 3.05) is 6.54 Å². The Morgan fingerprint density at radius 3 is 2.21 bits per heavy atom. The molecule has 4 aliphatic rings. The van der Waals surface area contributed by atoms with E-state index < -0.39 is 0 Å². The summed E-state index contributed by atoms with van der Waals surface area (Å²) in [4.78, 5) is 1.55. The lowest BCUT2D eigenvalue weighted by atomic mass is 9.49. The summed E-state index contributed by atoms with van der Waals surface area (Å²) in [6.07, 6.45) is 7.60. The van der Waals surface area contributed by atoms with Crippen LogP contribution < -0.4 is 5.73 Å². The molecule has 3 heteroatoms. The lowest BCUT2D eigenvalue weighted by Gasteiger charge is -2.56. The van der Waals surface area contributed by atoms with Crippen LogP contribution in [0.25, 0.3) is 0 Å². The van der Waals surface area contributed by atoms with Gasteiger partial charge in [0.1, 0.15) is 0 Å². The van der Waals surface area contributed by atoms with Gasteiger partial charge in [-0.3, -0.25) is 0 Å². The van der Waals surface area contributed by atoms with Crippen LogP contribution in [0.15, 0.2) is 17.5 Å². The third-order valence-electron chi connectivity index (χ3n) is 5.93. The molecule has 0 amide bonds. The number of hydrogen-bond donors (Lipinski definition) is 1. The minimum Gasteiger partial charge on any atom is -0.330 e. The van der Waals surface area contributed by atoms with Crippen LogP contribution in [0.5, 0.6) is 0 Å². The summed E-state index contributed by atoms with van der Waals surface area (Å²) in [6.45, 7) is 0.855. The van der Waals surface area contributed by atoms with Gasteiger partial charge in [-0.05, 0) is 73.1 Å².